The van der Waals surface area contributed by atoms with Crippen LogP contribution in [-0.4, -0.2) is 13.1 Å². The van der Waals surface area contributed by atoms with Crippen LogP contribution in [0.3, 0.4) is 0 Å². The highest BCUT2D eigenvalue weighted by atomic mass is 14.8. The smallest absolute Gasteiger partial charge is 0.00439 e. The van der Waals surface area contributed by atoms with Crippen LogP contribution in [0, 0.1) is 5.41 Å². The summed E-state index contributed by atoms with van der Waals surface area (Å²) in [6.45, 7) is 11.6. The van der Waals surface area contributed by atoms with Crippen molar-refractivity contribution in [2.24, 2.45) is 5.41 Å². The van der Waals surface area contributed by atoms with Gasteiger partial charge in [0.2, 0.25) is 0 Å². The van der Waals surface area contributed by atoms with Crippen molar-refractivity contribution < 1.29 is 0 Å². The van der Waals surface area contributed by atoms with Gasteiger partial charge in [-0.2, -0.15) is 0 Å². The molecule has 0 atom stereocenters. The average molecular weight is 366 g/mol. The van der Waals surface area contributed by atoms with Crippen LogP contribution in [0.4, 0.5) is 0 Å². The summed E-state index contributed by atoms with van der Waals surface area (Å²) in [5, 5.41) is 3.59. The lowest BCUT2D eigenvalue weighted by molar-refractivity contribution is 0.366. The monoisotopic (exact) mass is 365 g/mol. The number of nitrogens with one attached hydrogen (secondary N) is 1. The van der Waals surface area contributed by atoms with Gasteiger partial charge in [0.05, 0.1) is 0 Å². The maximum Gasteiger partial charge on any atom is -0.00439 e. The third-order valence-electron chi connectivity index (χ3n) is 5.17. The van der Waals surface area contributed by atoms with Gasteiger partial charge in [0.25, 0.3) is 0 Å². The summed E-state index contributed by atoms with van der Waals surface area (Å²) in [6.07, 6.45) is 27.1. The molecule has 0 amide bonds. The van der Waals surface area contributed by atoms with Crippen molar-refractivity contribution in [3.63, 3.8) is 0 Å². The van der Waals surface area contributed by atoms with E-state index in [0.717, 1.165) is 0 Å². The second-order valence-corrected chi connectivity index (χ2v) is 9.35. The molecule has 1 N–H and O–H groups in total. The first-order valence-corrected chi connectivity index (χ1v) is 11.9. The zero-order chi connectivity index (χ0) is 19.3. The highest BCUT2D eigenvalue weighted by molar-refractivity contribution is 4.81. The van der Waals surface area contributed by atoms with Gasteiger partial charge in [0.15, 0.2) is 0 Å². The third-order valence-corrected chi connectivity index (χ3v) is 5.17. The molecule has 0 fully saturated rings. The molecule has 26 heavy (non-hydrogen) atoms. The molecule has 0 unspecified atom stereocenters. The quantitative estimate of drug-likeness (QED) is 0.179. The van der Waals surface area contributed by atoms with E-state index < -0.39 is 0 Å². The second-order valence-electron chi connectivity index (χ2n) is 9.35. The number of unbranched alkanes of at least 4 members (excludes halogenated alkanes) is 13. The maximum atomic E-state index is 3.59. The summed E-state index contributed by atoms with van der Waals surface area (Å²) in [4.78, 5) is 0. The van der Waals surface area contributed by atoms with Crippen molar-refractivity contribution in [1.29, 1.82) is 0 Å². The molecule has 0 heterocycles. The predicted octanol–water partition coefficient (Wildman–Crippen LogP) is 8.44. The minimum Gasteiger partial charge on any atom is -0.317 e. The zero-order valence-electron chi connectivity index (χ0n) is 18.9. The SMILES string of the molecule is CCCCCCCC/C=C\CCCCCCCCCNCCC(C)(C)C. The summed E-state index contributed by atoms with van der Waals surface area (Å²) in [5.74, 6) is 0. The van der Waals surface area contributed by atoms with Crippen LogP contribution in [0.1, 0.15) is 130 Å². The molecule has 0 aliphatic heterocycles. The Balaban J connectivity index is 3.10. The number of rotatable bonds is 19. The van der Waals surface area contributed by atoms with E-state index in [9.17, 15) is 0 Å². The minimum absolute atomic E-state index is 0.469. The highest BCUT2D eigenvalue weighted by Crippen LogP contribution is 2.17. The lowest BCUT2D eigenvalue weighted by Gasteiger charge is -2.17. The summed E-state index contributed by atoms with van der Waals surface area (Å²) < 4.78 is 0. The number of hydrogen-bond acceptors (Lipinski definition) is 1. The van der Waals surface area contributed by atoms with Gasteiger partial charge < -0.3 is 5.32 Å². The molecule has 1 heteroatoms. The molecule has 1 nitrogen and oxygen atoms in total. The Morgan fingerprint density at radius 1 is 0.577 bits per heavy atom. The van der Waals surface area contributed by atoms with Crippen LogP contribution in [0.25, 0.3) is 0 Å². The molecule has 0 spiro atoms. The third kappa shape index (κ3) is 23.7. The van der Waals surface area contributed by atoms with Crippen molar-refractivity contribution in [3.05, 3.63) is 12.2 Å². The Labute approximate surface area is 166 Å². The predicted molar refractivity (Wildman–Crippen MR) is 121 cm³/mol. The summed E-state index contributed by atoms with van der Waals surface area (Å²) in [6, 6.07) is 0. The van der Waals surface area contributed by atoms with Gasteiger partial charge in [-0.1, -0.05) is 104 Å². The van der Waals surface area contributed by atoms with Crippen LogP contribution in [-0.2, 0) is 0 Å². The summed E-state index contributed by atoms with van der Waals surface area (Å²) in [5.41, 5.74) is 0.469. The molecular weight excluding hydrogens is 314 g/mol. The topological polar surface area (TPSA) is 12.0 Å². The molecule has 0 aliphatic carbocycles. The first-order chi connectivity index (χ1) is 12.6. The first kappa shape index (κ1) is 25.7. The molecule has 0 saturated heterocycles. The molecule has 156 valence electrons. The molecule has 0 aromatic carbocycles. The number of hydrogen-bond donors (Lipinski definition) is 1. The van der Waals surface area contributed by atoms with Crippen molar-refractivity contribution in [2.45, 2.75) is 130 Å². The molecule has 0 aromatic rings. The lowest BCUT2D eigenvalue weighted by Crippen LogP contribution is -2.21. The zero-order valence-corrected chi connectivity index (χ0v) is 18.9. The molecule has 0 saturated carbocycles. The fourth-order valence-corrected chi connectivity index (χ4v) is 3.26. The van der Waals surface area contributed by atoms with Crippen LogP contribution in [0.15, 0.2) is 12.2 Å². The highest BCUT2D eigenvalue weighted by Gasteiger charge is 2.08. The largest absolute Gasteiger partial charge is 0.317 e. The summed E-state index contributed by atoms with van der Waals surface area (Å²) in [7, 11) is 0. The van der Waals surface area contributed by atoms with Crippen LogP contribution in [0.5, 0.6) is 0 Å². The second kappa shape index (κ2) is 19.5. The van der Waals surface area contributed by atoms with Crippen molar-refractivity contribution in [1.82, 2.24) is 5.32 Å². The van der Waals surface area contributed by atoms with E-state index in [2.05, 4.69) is 45.2 Å². The fraction of sp³-hybridized carbons (Fsp3) is 0.920. The Morgan fingerprint density at radius 2 is 1.04 bits per heavy atom. The van der Waals surface area contributed by atoms with Gasteiger partial charge >= 0.3 is 0 Å². The van der Waals surface area contributed by atoms with Crippen molar-refractivity contribution in [2.75, 3.05) is 13.1 Å². The Morgan fingerprint density at radius 3 is 1.54 bits per heavy atom. The van der Waals surface area contributed by atoms with Crippen molar-refractivity contribution >= 4 is 0 Å². The number of allylic oxidation sites excluding steroid dienone is 2. The van der Waals surface area contributed by atoms with E-state index in [1.807, 2.05) is 0 Å². The van der Waals surface area contributed by atoms with E-state index in [4.69, 9.17) is 0 Å². The standard InChI is InChI=1S/C25H51N/c1-5-6-7-8-9-10-11-12-13-14-15-16-17-18-19-20-21-23-26-24-22-25(2,3)4/h12-13,26H,5-11,14-24H2,1-4H3/b13-12-. The van der Waals surface area contributed by atoms with Gasteiger partial charge in [-0.25, -0.2) is 0 Å². The van der Waals surface area contributed by atoms with Gasteiger partial charge in [-0.05, 0) is 57.0 Å². The molecular formula is C25H51N. The first-order valence-electron chi connectivity index (χ1n) is 11.9. The van der Waals surface area contributed by atoms with Gasteiger partial charge in [-0.15, -0.1) is 0 Å². The van der Waals surface area contributed by atoms with E-state index in [1.54, 1.807) is 0 Å². The molecule has 0 radical (unpaired) electrons. The lowest BCUT2D eigenvalue weighted by atomic mass is 9.92. The normalized spacial score (nSPS) is 12.3. The summed E-state index contributed by atoms with van der Waals surface area (Å²) >= 11 is 0. The van der Waals surface area contributed by atoms with Gasteiger partial charge in [-0.3, -0.25) is 0 Å². The fourth-order valence-electron chi connectivity index (χ4n) is 3.26. The van der Waals surface area contributed by atoms with Gasteiger partial charge in [0.1, 0.15) is 0 Å². The van der Waals surface area contributed by atoms with Crippen molar-refractivity contribution in [3.8, 4) is 0 Å². The molecule has 0 bridgehead atoms. The van der Waals surface area contributed by atoms with Crippen LogP contribution in [0.2, 0.25) is 0 Å². The maximum absolute atomic E-state index is 3.59. The van der Waals surface area contributed by atoms with E-state index in [-0.39, 0.29) is 0 Å². The molecule has 0 rings (SSSR count). The van der Waals surface area contributed by atoms with E-state index in [1.165, 1.54) is 116 Å². The van der Waals surface area contributed by atoms with Crippen LogP contribution < -0.4 is 5.32 Å². The van der Waals surface area contributed by atoms with Crippen LogP contribution >= 0.6 is 0 Å². The minimum atomic E-state index is 0.469. The Bertz CT molecular complexity index is 287. The van der Waals surface area contributed by atoms with E-state index in [0.29, 0.717) is 5.41 Å². The average Bonchev–Trinajstić information content (AvgIpc) is 2.59. The molecule has 0 aliphatic rings. The van der Waals surface area contributed by atoms with Gasteiger partial charge in [0, 0.05) is 0 Å². The van der Waals surface area contributed by atoms with E-state index >= 15 is 0 Å². The Hall–Kier alpha value is -0.300. The molecule has 0 aromatic heterocycles. The Kier molecular flexibility index (Phi) is 19.2.